The molecule has 0 aromatic heterocycles. The van der Waals surface area contributed by atoms with Crippen LogP contribution < -0.4 is 5.73 Å². The summed E-state index contributed by atoms with van der Waals surface area (Å²) in [6.07, 6.45) is -4.09. The van der Waals surface area contributed by atoms with Crippen LogP contribution in [0.15, 0.2) is 18.2 Å². The van der Waals surface area contributed by atoms with E-state index in [-0.39, 0.29) is 17.9 Å². The lowest BCUT2D eigenvalue weighted by atomic mass is 10.1. The van der Waals surface area contributed by atoms with Gasteiger partial charge in [0.2, 0.25) is 0 Å². The van der Waals surface area contributed by atoms with Crippen LogP contribution in [0.25, 0.3) is 0 Å². The van der Waals surface area contributed by atoms with Crippen molar-refractivity contribution in [3.8, 4) is 0 Å². The summed E-state index contributed by atoms with van der Waals surface area (Å²) in [7, 11) is 1.50. The van der Waals surface area contributed by atoms with Gasteiger partial charge in [-0.25, -0.2) is 4.79 Å². The Morgan fingerprint density at radius 2 is 1.95 bits per heavy atom. The lowest BCUT2D eigenvalue weighted by Crippen LogP contribution is -2.12. The first-order chi connectivity index (χ1) is 8.84. The molecule has 0 spiro atoms. The van der Waals surface area contributed by atoms with Crippen molar-refractivity contribution in [2.75, 3.05) is 26.1 Å². The Bertz CT molecular complexity index is 446. The molecule has 106 valence electrons. The first kappa shape index (κ1) is 15.3. The van der Waals surface area contributed by atoms with Gasteiger partial charge in [0, 0.05) is 25.8 Å². The van der Waals surface area contributed by atoms with E-state index in [0.29, 0.717) is 13.0 Å². The van der Waals surface area contributed by atoms with E-state index in [0.717, 1.165) is 18.2 Å². The van der Waals surface area contributed by atoms with Gasteiger partial charge in [-0.15, -0.1) is 0 Å². The zero-order chi connectivity index (χ0) is 14.5. The van der Waals surface area contributed by atoms with Crippen molar-refractivity contribution in [1.29, 1.82) is 0 Å². The Morgan fingerprint density at radius 3 is 2.53 bits per heavy atom. The number of ether oxygens (including phenoxy) is 2. The van der Waals surface area contributed by atoms with E-state index in [1.165, 1.54) is 7.11 Å². The minimum absolute atomic E-state index is 0.0722. The summed E-state index contributed by atoms with van der Waals surface area (Å²) in [6.45, 7) is 0.473. The van der Waals surface area contributed by atoms with Crippen molar-refractivity contribution in [2.45, 2.75) is 12.6 Å². The molecule has 0 saturated carbocycles. The van der Waals surface area contributed by atoms with Crippen molar-refractivity contribution in [1.82, 2.24) is 0 Å². The zero-order valence-corrected chi connectivity index (χ0v) is 10.3. The van der Waals surface area contributed by atoms with Gasteiger partial charge in [-0.1, -0.05) is 0 Å². The number of hydrogen-bond acceptors (Lipinski definition) is 4. The first-order valence-corrected chi connectivity index (χ1v) is 5.48. The molecule has 1 rings (SSSR count). The van der Waals surface area contributed by atoms with E-state index in [1.807, 2.05) is 0 Å². The Balaban J connectivity index is 2.77. The maximum atomic E-state index is 12.5. The van der Waals surface area contributed by atoms with Crippen LogP contribution in [0.1, 0.15) is 22.3 Å². The second-order valence-electron chi connectivity index (χ2n) is 3.82. The molecule has 0 aliphatic carbocycles. The number of halogens is 3. The van der Waals surface area contributed by atoms with Crippen LogP contribution in [0.4, 0.5) is 18.9 Å². The number of nitrogen functional groups attached to an aromatic ring is 1. The number of carbonyl (C=O) groups excluding carboxylic acids is 1. The molecule has 0 bridgehead atoms. The first-order valence-electron chi connectivity index (χ1n) is 5.48. The fraction of sp³-hybridized carbons (Fsp3) is 0.417. The van der Waals surface area contributed by atoms with Crippen molar-refractivity contribution in [2.24, 2.45) is 0 Å². The average molecular weight is 277 g/mol. The van der Waals surface area contributed by atoms with Crippen molar-refractivity contribution in [3.05, 3.63) is 29.3 Å². The predicted octanol–water partition coefficient (Wildman–Crippen LogP) is 2.48. The molecule has 19 heavy (non-hydrogen) atoms. The Morgan fingerprint density at radius 1 is 1.26 bits per heavy atom. The van der Waals surface area contributed by atoms with Crippen LogP contribution >= 0.6 is 0 Å². The van der Waals surface area contributed by atoms with Gasteiger partial charge in [-0.3, -0.25) is 0 Å². The minimum Gasteiger partial charge on any atom is -0.462 e. The summed E-state index contributed by atoms with van der Waals surface area (Å²) in [5, 5.41) is 0. The Kier molecular flexibility index (Phi) is 5.17. The molecule has 1 aromatic rings. The normalized spacial score (nSPS) is 11.4. The van der Waals surface area contributed by atoms with Gasteiger partial charge < -0.3 is 15.2 Å². The molecule has 1 aromatic carbocycles. The molecule has 0 saturated heterocycles. The predicted molar refractivity (Wildman–Crippen MR) is 62.6 cm³/mol. The third-order valence-corrected chi connectivity index (χ3v) is 2.24. The molecule has 0 aliphatic heterocycles. The van der Waals surface area contributed by atoms with Gasteiger partial charge >= 0.3 is 12.1 Å². The molecular formula is C12H14F3NO3. The largest absolute Gasteiger partial charge is 0.462 e. The molecule has 2 N–H and O–H groups in total. The lowest BCUT2D eigenvalue weighted by molar-refractivity contribution is -0.137. The van der Waals surface area contributed by atoms with E-state index < -0.39 is 17.7 Å². The van der Waals surface area contributed by atoms with Gasteiger partial charge in [0.25, 0.3) is 0 Å². The van der Waals surface area contributed by atoms with Crippen LogP contribution in [0.5, 0.6) is 0 Å². The molecule has 0 amide bonds. The van der Waals surface area contributed by atoms with Gasteiger partial charge in [-0.2, -0.15) is 13.2 Å². The molecule has 0 radical (unpaired) electrons. The van der Waals surface area contributed by atoms with E-state index in [1.54, 1.807) is 0 Å². The van der Waals surface area contributed by atoms with Crippen LogP contribution in [0, 0.1) is 0 Å². The Labute approximate surface area is 108 Å². The maximum absolute atomic E-state index is 12.5. The number of alkyl halides is 3. The fourth-order valence-electron chi connectivity index (χ4n) is 1.38. The second kappa shape index (κ2) is 6.42. The molecular weight excluding hydrogens is 263 g/mol. The fourth-order valence-corrected chi connectivity index (χ4v) is 1.38. The number of benzene rings is 1. The highest BCUT2D eigenvalue weighted by molar-refractivity contribution is 5.90. The zero-order valence-electron chi connectivity index (χ0n) is 10.3. The van der Waals surface area contributed by atoms with Crippen LogP contribution in [0.3, 0.4) is 0 Å². The van der Waals surface area contributed by atoms with E-state index >= 15 is 0 Å². The highest BCUT2D eigenvalue weighted by Gasteiger charge is 2.31. The van der Waals surface area contributed by atoms with Crippen molar-refractivity contribution >= 4 is 11.7 Å². The summed E-state index contributed by atoms with van der Waals surface area (Å²) in [6, 6.07) is 2.63. The SMILES string of the molecule is COCCCOC(=O)c1cc(N)cc(C(F)(F)F)c1. The monoisotopic (exact) mass is 277 g/mol. The number of methoxy groups -OCH3 is 1. The quantitative estimate of drug-likeness (QED) is 0.510. The average Bonchev–Trinajstić information content (AvgIpc) is 2.32. The van der Waals surface area contributed by atoms with Gasteiger partial charge in [-0.05, 0) is 18.2 Å². The summed E-state index contributed by atoms with van der Waals surface area (Å²) in [4.78, 5) is 11.6. The van der Waals surface area contributed by atoms with E-state index in [9.17, 15) is 18.0 Å². The highest BCUT2D eigenvalue weighted by atomic mass is 19.4. The molecule has 0 unspecified atom stereocenters. The topological polar surface area (TPSA) is 61.5 Å². The van der Waals surface area contributed by atoms with Crippen LogP contribution in [-0.2, 0) is 15.7 Å². The summed E-state index contributed by atoms with van der Waals surface area (Å²) < 4.78 is 47.2. The number of esters is 1. The standard InChI is InChI=1S/C12H14F3NO3/c1-18-3-2-4-19-11(17)8-5-9(12(13,14)15)7-10(16)6-8/h5-7H,2-4,16H2,1H3. The maximum Gasteiger partial charge on any atom is 0.416 e. The minimum atomic E-state index is -4.56. The van der Waals surface area contributed by atoms with Gasteiger partial charge in [0.1, 0.15) is 0 Å². The van der Waals surface area contributed by atoms with E-state index in [2.05, 4.69) is 0 Å². The molecule has 7 heteroatoms. The highest BCUT2D eigenvalue weighted by Crippen LogP contribution is 2.31. The van der Waals surface area contributed by atoms with E-state index in [4.69, 9.17) is 15.2 Å². The third kappa shape index (κ3) is 4.78. The van der Waals surface area contributed by atoms with Gasteiger partial charge in [0.15, 0.2) is 0 Å². The van der Waals surface area contributed by atoms with Crippen molar-refractivity contribution < 1.29 is 27.4 Å². The third-order valence-electron chi connectivity index (χ3n) is 2.24. The van der Waals surface area contributed by atoms with Crippen molar-refractivity contribution in [3.63, 3.8) is 0 Å². The number of hydrogen-bond donors (Lipinski definition) is 1. The number of rotatable bonds is 5. The molecule has 0 atom stereocenters. The molecule has 0 aliphatic rings. The Hall–Kier alpha value is -1.76. The summed E-state index contributed by atoms with van der Waals surface area (Å²) >= 11 is 0. The number of anilines is 1. The molecule has 0 fully saturated rings. The van der Waals surface area contributed by atoms with Gasteiger partial charge in [0.05, 0.1) is 17.7 Å². The number of carbonyl (C=O) groups is 1. The van der Waals surface area contributed by atoms with Crippen LogP contribution in [0.2, 0.25) is 0 Å². The lowest BCUT2D eigenvalue weighted by Gasteiger charge is -2.10. The van der Waals surface area contributed by atoms with Crippen LogP contribution in [-0.4, -0.2) is 26.3 Å². The second-order valence-corrected chi connectivity index (χ2v) is 3.82. The number of nitrogens with two attached hydrogens (primary N) is 1. The summed E-state index contributed by atoms with van der Waals surface area (Å²) in [5.41, 5.74) is 4.01. The molecule has 0 heterocycles. The summed E-state index contributed by atoms with van der Waals surface area (Å²) in [5.74, 6) is -0.839. The smallest absolute Gasteiger partial charge is 0.416 e. The molecule has 4 nitrogen and oxygen atoms in total.